The monoisotopic (exact) mass is 343 g/mol. The number of aliphatic hydroxyl groups excluding tert-OH is 2. The lowest BCUT2D eigenvalue weighted by atomic mass is 9.73. The summed E-state index contributed by atoms with van der Waals surface area (Å²) < 4.78 is 2.17. The number of rotatable bonds is 7. The lowest BCUT2D eigenvalue weighted by Gasteiger charge is -2.45. The first-order valence-electron chi connectivity index (χ1n) is 9.16. The van der Waals surface area contributed by atoms with Gasteiger partial charge >= 0.3 is 0 Å². The molecule has 0 aliphatic carbocycles. The number of aromatic nitrogens is 2. The maximum Gasteiger partial charge on any atom is 0.105 e. The molecule has 5 heteroatoms. The van der Waals surface area contributed by atoms with Gasteiger partial charge in [0.2, 0.25) is 0 Å². The molecular weight excluding hydrogens is 314 g/mol. The van der Waals surface area contributed by atoms with Crippen molar-refractivity contribution < 1.29 is 10.2 Å². The number of likely N-dealkylation sites (tertiary alicyclic amines) is 1. The lowest BCUT2D eigenvalue weighted by molar-refractivity contribution is -0.0750. The molecule has 2 aromatic rings. The van der Waals surface area contributed by atoms with Crippen LogP contribution in [0.3, 0.4) is 0 Å². The van der Waals surface area contributed by atoms with Crippen molar-refractivity contribution in [2.75, 3.05) is 26.2 Å². The van der Waals surface area contributed by atoms with E-state index in [0.29, 0.717) is 6.42 Å². The summed E-state index contributed by atoms with van der Waals surface area (Å²) in [4.78, 5) is 6.65. The van der Waals surface area contributed by atoms with Gasteiger partial charge in [-0.25, -0.2) is 4.98 Å². The molecule has 5 nitrogen and oxygen atoms in total. The fraction of sp³-hybridized carbons (Fsp3) is 0.550. The largest absolute Gasteiger partial charge is 0.396 e. The third-order valence-electron chi connectivity index (χ3n) is 5.48. The normalized spacial score (nSPS) is 24.5. The molecule has 2 heterocycles. The molecule has 2 N–H and O–H groups in total. The highest BCUT2D eigenvalue weighted by Crippen LogP contribution is 2.34. The molecule has 0 saturated carbocycles. The van der Waals surface area contributed by atoms with Crippen molar-refractivity contribution in [2.45, 2.75) is 38.8 Å². The molecule has 0 unspecified atom stereocenters. The van der Waals surface area contributed by atoms with Crippen LogP contribution in [0.4, 0.5) is 0 Å². The van der Waals surface area contributed by atoms with Gasteiger partial charge in [-0.05, 0) is 38.3 Å². The van der Waals surface area contributed by atoms with E-state index in [1.165, 1.54) is 5.56 Å². The molecule has 0 radical (unpaired) electrons. The van der Waals surface area contributed by atoms with E-state index in [0.717, 1.165) is 44.8 Å². The Morgan fingerprint density at radius 2 is 2.04 bits per heavy atom. The van der Waals surface area contributed by atoms with E-state index in [1.54, 1.807) is 0 Å². The van der Waals surface area contributed by atoms with Crippen molar-refractivity contribution >= 4 is 0 Å². The minimum atomic E-state index is -0.468. The molecule has 1 aromatic carbocycles. The Kier molecular flexibility index (Phi) is 5.89. The summed E-state index contributed by atoms with van der Waals surface area (Å²) in [5.41, 5.74) is 0.705. The van der Waals surface area contributed by atoms with Crippen LogP contribution in [0.25, 0.3) is 0 Å². The quantitative estimate of drug-likeness (QED) is 0.806. The molecule has 1 saturated heterocycles. The van der Waals surface area contributed by atoms with E-state index in [9.17, 15) is 10.2 Å². The summed E-state index contributed by atoms with van der Waals surface area (Å²) in [6.45, 7) is 5.59. The average Bonchev–Trinajstić information content (AvgIpc) is 3.04. The Labute approximate surface area is 149 Å². The zero-order valence-corrected chi connectivity index (χ0v) is 15.0. The first kappa shape index (κ1) is 18.1. The molecule has 0 amide bonds. The van der Waals surface area contributed by atoms with Crippen molar-refractivity contribution in [2.24, 2.45) is 5.41 Å². The molecule has 0 bridgehead atoms. The Bertz CT molecular complexity index is 658. The topological polar surface area (TPSA) is 61.5 Å². The van der Waals surface area contributed by atoms with E-state index in [1.807, 2.05) is 37.5 Å². The Balaban J connectivity index is 1.60. The molecule has 1 aliphatic heterocycles. The van der Waals surface area contributed by atoms with Gasteiger partial charge in [0.25, 0.3) is 0 Å². The minimum absolute atomic E-state index is 0.0141. The van der Waals surface area contributed by atoms with Gasteiger partial charge in [0, 0.05) is 37.4 Å². The summed E-state index contributed by atoms with van der Waals surface area (Å²) >= 11 is 0. The number of hydrogen-bond acceptors (Lipinski definition) is 4. The third-order valence-corrected chi connectivity index (χ3v) is 5.48. The van der Waals surface area contributed by atoms with E-state index in [-0.39, 0.29) is 6.61 Å². The SMILES string of the molecule is Cc1nccn1CCCN1CC[C@H](O)[C@](CO)(Cc2ccccc2)C1. The number of piperidine rings is 1. The van der Waals surface area contributed by atoms with E-state index in [2.05, 4.69) is 26.6 Å². The Morgan fingerprint density at radius 1 is 1.24 bits per heavy atom. The summed E-state index contributed by atoms with van der Waals surface area (Å²) in [5.74, 6) is 1.04. The number of benzene rings is 1. The van der Waals surface area contributed by atoms with Gasteiger partial charge in [-0.2, -0.15) is 0 Å². The van der Waals surface area contributed by atoms with E-state index < -0.39 is 11.5 Å². The van der Waals surface area contributed by atoms with Crippen LogP contribution in [0.15, 0.2) is 42.7 Å². The Hall–Kier alpha value is -1.69. The zero-order chi connectivity index (χ0) is 17.7. The molecule has 3 rings (SSSR count). The molecule has 1 aromatic heterocycles. The van der Waals surface area contributed by atoms with Crippen molar-refractivity contribution in [1.82, 2.24) is 14.5 Å². The molecule has 0 spiro atoms. The predicted molar refractivity (Wildman–Crippen MR) is 98.3 cm³/mol. The summed E-state index contributed by atoms with van der Waals surface area (Å²) in [5, 5.41) is 20.7. The third kappa shape index (κ3) is 4.29. The van der Waals surface area contributed by atoms with Crippen molar-refractivity contribution in [1.29, 1.82) is 0 Å². The molecule has 25 heavy (non-hydrogen) atoms. The van der Waals surface area contributed by atoms with Gasteiger partial charge in [-0.3, -0.25) is 0 Å². The second-order valence-electron chi connectivity index (χ2n) is 7.28. The predicted octanol–water partition coefficient (Wildman–Crippen LogP) is 1.87. The lowest BCUT2D eigenvalue weighted by Crippen LogP contribution is -2.55. The van der Waals surface area contributed by atoms with Crippen LogP contribution in [0.5, 0.6) is 0 Å². The van der Waals surface area contributed by atoms with Gasteiger partial charge < -0.3 is 19.7 Å². The van der Waals surface area contributed by atoms with Crippen molar-refractivity contribution in [3.8, 4) is 0 Å². The van der Waals surface area contributed by atoms with Crippen molar-refractivity contribution in [3.05, 3.63) is 54.1 Å². The van der Waals surface area contributed by atoms with Crippen LogP contribution in [0.2, 0.25) is 0 Å². The molecule has 136 valence electrons. The Morgan fingerprint density at radius 3 is 2.72 bits per heavy atom. The number of nitrogens with zero attached hydrogens (tertiary/aromatic N) is 3. The fourth-order valence-electron chi connectivity index (χ4n) is 3.92. The number of aliphatic hydroxyl groups is 2. The molecule has 2 atom stereocenters. The molecular formula is C20H29N3O2. The van der Waals surface area contributed by atoms with E-state index in [4.69, 9.17) is 0 Å². The summed E-state index contributed by atoms with van der Waals surface area (Å²) in [7, 11) is 0. The number of aryl methyl sites for hydroxylation is 2. The standard InChI is InChI=1S/C20H29N3O2/c1-17-21-9-13-23(17)11-5-10-22-12-8-19(25)20(15-22,16-24)14-18-6-3-2-4-7-18/h2-4,6-7,9,13,19,24-25H,5,8,10-12,14-16H2,1H3/t19-,20+/m0/s1. The first-order chi connectivity index (χ1) is 12.1. The van der Waals surface area contributed by atoms with Crippen LogP contribution in [0, 0.1) is 12.3 Å². The van der Waals surface area contributed by atoms with Crippen LogP contribution < -0.4 is 0 Å². The van der Waals surface area contributed by atoms with Gasteiger partial charge in [-0.1, -0.05) is 30.3 Å². The second kappa shape index (κ2) is 8.13. The number of hydrogen-bond donors (Lipinski definition) is 2. The van der Waals surface area contributed by atoms with Gasteiger partial charge in [0.1, 0.15) is 5.82 Å². The maximum absolute atomic E-state index is 10.6. The average molecular weight is 343 g/mol. The first-order valence-corrected chi connectivity index (χ1v) is 9.16. The van der Waals surface area contributed by atoms with Crippen LogP contribution >= 0.6 is 0 Å². The second-order valence-corrected chi connectivity index (χ2v) is 7.28. The fourth-order valence-corrected chi connectivity index (χ4v) is 3.92. The van der Waals surface area contributed by atoms with Crippen LogP contribution in [-0.4, -0.2) is 57.0 Å². The van der Waals surface area contributed by atoms with Crippen LogP contribution in [-0.2, 0) is 13.0 Å². The molecule has 1 aliphatic rings. The molecule has 1 fully saturated rings. The van der Waals surface area contributed by atoms with Gasteiger partial charge in [0.15, 0.2) is 0 Å². The van der Waals surface area contributed by atoms with Crippen molar-refractivity contribution in [3.63, 3.8) is 0 Å². The van der Waals surface area contributed by atoms with E-state index >= 15 is 0 Å². The number of imidazole rings is 1. The summed E-state index contributed by atoms with van der Waals surface area (Å²) in [6, 6.07) is 10.2. The maximum atomic E-state index is 10.6. The highest BCUT2D eigenvalue weighted by molar-refractivity contribution is 5.18. The highest BCUT2D eigenvalue weighted by atomic mass is 16.3. The summed E-state index contributed by atoms with van der Waals surface area (Å²) in [6.07, 6.45) is 5.87. The highest BCUT2D eigenvalue weighted by Gasteiger charge is 2.42. The zero-order valence-electron chi connectivity index (χ0n) is 15.0. The van der Waals surface area contributed by atoms with Gasteiger partial charge in [0.05, 0.1) is 12.7 Å². The van der Waals surface area contributed by atoms with Gasteiger partial charge in [-0.15, -0.1) is 0 Å². The minimum Gasteiger partial charge on any atom is -0.396 e. The van der Waals surface area contributed by atoms with Crippen LogP contribution in [0.1, 0.15) is 24.2 Å². The smallest absolute Gasteiger partial charge is 0.105 e.